The van der Waals surface area contributed by atoms with Crippen LogP contribution in [0.1, 0.15) is 32.1 Å². The highest BCUT2D eigenvalue weighted by atomic mass is 35.5. The van der Waals surface area contributed by atoms with E-state index in [0.29, 0.717) is 15.8 Å². The Morgan fingerprint density at radius 3 is 2.67 bits per heavy atom. The van der Waals surface area contributed by atoms with Gasteiger partial charge in [0.2, 0.25) is 0 Å². The SMILES string of the molecule is O=C(COc1ccc(Cl)cc1Cl)NCC1(O)CCCCC1. The highest BCUT2D eigenvalue weighted by Gasteiger charge is 2.29. The van der Waals surface area contributed by atoms with E-state index in [9.17, 15) is 9.90 Å². The molecule has 21 heavy (non-hydrogen) atoms. The third-order valence-electron chi connectivity index (χ3n) is 3.65. The van der Waals surface area contributed by atoms with Gasteiger partial charge >= 0.3 is 0 Å². The van der Waals surface area contributed by atoms with E-state index < -0.39 is 5.60 Å². The molecule has 1 aromatic rings. The quantitative estimate of drug-likeness (QED) is 0.871. The molecule has 0 bridgehead atoms. The first-order valence-corrected chi connectivity index (χ1v) is 7.81. The van der Waals surface area contributed by atoms with Gasteiger partial charge in [0.05, 0.1) is 10.6 Å². The van der Waals surface area contributed by atoms with Gasteiger partial charge in [-0.1, -0.05) is 42.5 Å². The minimum atomic E-state index is -0.772. The number of carbonyl (C=O) groups excluding carboxylic acids is 1. The van der Waals surface area contributed by atoms with Gasteiger partial charge < -0.3 is 15.2 Å². The molecule has 6 heteroatoms. The highest BCUT2D eigenvalue weighted by Crippen LogP contribution is 2.28. The lowest BCUT2D eigenvalue weighted by Gasteiger charge is -2.32. The van der Waals surface area contributed by atoms with Gasteiger partial charge in [-0.05, 0) is 31.0 Å². The van der Waals surface area contributed by atoms with Gasteiger partial charge in [0.25, 0.3) is 5.91 Å². The lowest BCUT2D eigenvalue weighted by Crippen LogP contribution is -2.45. The number of rotatable bonds is 5. The van der Waals surface area contributed by atoms with Gasteiger partial charge in [0.15, 0.2) is 6.61 Å². The minimum Gasteiger partial charge on any atom is -0.482 e. The third kappa shape index (κ3) is 5.06. The molecule has 0 spiro atoms. The standard InChI is InChI=1S/C15H19Cl2NO3/c16-11-4-5-13(12(17)8-11)21-9-14(19)18-10-15(20)6-2-1-3-7-15/h4-5,8,20H,1-3,6-7,9-10H2,(H,18,19). The second kappa shape index (κ2) is 7.34. The van der Waals surface area contributed by atoms with Crippen molar-refractivity contribution < 1.29 is 14.6 Å². The fraction of sp³-hybridized carbons (Fsp3) is 0.533. The van der Waals surface area contributed by atoms with Crippen LogP contribution in [0.2, 0.25) is 10.0 Å². The lowest BCUT2D eigenvalue weighted by molar-refractivity contribution is -0.124. The molecule has 116 valence electrons. The molecule has 1 fully saturated rings. The first-order valence-electron chi connectivity index (χ1n) is 7.05. The number of ether oxygens (including phenoxy) is 1. The monoisotopic (exact) mass is 331 g/mol. The first kappa shape index (κ1) is 16.4. The summed E-state index contributed by atoms with van der Waals surface area (Å²) in [5, 5.41) is 13.9. The summed E-state index contributed by atoms with van der Waals surface area (Å²) in [4.78, 5) is 11.8. The highest BCUT2D eigenvalue weighted by molar-refractivity contribution is 6.35. The summed E-state index contributed by atoms with van der Waals surface area (Å²) in [5.74, 6) is 0.132. The Morgan fingerprint density at radius 1 is 1.29 bits per heavy atom. The van der Waals surface area contributed by atoms with Crippen molar-refractivity contribution in [3.63, 3.8) is 0 Å². The summed E-state index contributed by atoms with van der Waals surface area (Å²) in [7, 11) is 0. The summed E-state index contributed by atoms with van der Waals surface area (Å²) < 4.78 is 5.34. The molecule has 0 unspecified atom stereocenters. The predicted octanol–water partition coefficient (Wildman–Crippen LogP) is 3.18. The molecule has 0 aromatic heterocycles. The number of hydrogen-bond donors (Lipinski definition) is 2. The van der Waals surface area contributed by atoms with Crippen LogP contribution < -0.4 is 10.1 Å². The molecule has 0 atom stereocenters. The molecular formula is C15H19Cl2NO3. The molecule has 0 saturated heterocycles. The molecule has 4 nitrogen and oxygen atoms in total. The zero-order chi connectivity index (χ0) is 15.3. The normalized spacial score (nSPS) is 17.3. The van der Waals surface area contributed by atoms with Crippen molar-refractivity contribution in [3.05, 3.63) is 28.2 Å². The second-order valence-electron chi connectivity index (χ2n) is 5.43. The molecule has 0 radical (unpaired) electrons. The average Bonchev–Trinajstić information content (AvgIpc) is 2.45. The summed E-state index contributed by atoms with van der Waals surface area (Å²) in [6.45, 7) is 0.126. The van der Waals surface area contributed by atoms with Crippen molar-refractivity contribution in [3.8, 4) is 5.75 Å². The van der Waals surface area contributed by atoms with Crippen LogP contribution in [0, 0.1) is 0 Å². The number of amides is 1. The molecule has 0 heterocycles. The third-order valence-corrected chi connectivity index (χ3v) is 4.18. The van der Waals surface area contributed by atoms with Crippen LogP contribution in [0.4, 0.5) is 0 Å². The summed E-state index contributed by atoms with van der Waals surface area (Å²) in [6, 6.07) is 4.82. The van der Waals surface area contributed by atoms with Gasteiger partial charge in [-0.3, -0.25) is 4.79 Å². The van der Waals surface area contributed by atoms with Crippen LogP contribution in [0.15, 0.2) is 18.2 Å². The molecule has 0 aliphatic heterocycles. The maximum absolute atomic E-state index is 11.8. The minimum absolute atomic E-state index is 0.141. The zero-order valence-corrected chi connectivity index (χ0v) is 13.2. The Hall–Kier alpha value is -0.970. The number of hydrogen-bond acceptors (Lipinski definition) is 3. The maximum Gasteiger partial charge on any atom is 0.258 e. The number of benzene rings is 1. The molecule has 2 rings (SSSR count). The van der Waals surface area contributed by atoms with Crippen LogP contribution in [-0.2, 0) is 4.79 Å². The Morgan fingerprint density at radius 2 is 2.00 bits per heavy atom. The number of aliphatic hydroxyl groups is 1. The number of carbonyl (C=O) groups is 1. The first-order chi connectivity index (χ1) is 9.98. The summed E-state index contributed by atoms with van der Waals surface area (Å²) >= 11 is 11.7. The molecular weight excluding hydrogens is 313 g/mol. The molecule has 1 aromatic carbocycles. The van der Waals surface area contributed by atoms with E-state index in [1.807, 2.05) is 0 Å². The topological polar surface area (TPSA) is 58.6 Å². The Balaban J connectivity index is 1.77. The van der Waals surface area contributed by atoms with E-state index in [2.05, 4.69) is 5.32 Å². The molecule has 2 N–H and O–H groups in total. The van der Waals surface area contributed by atoms with Crippen LogP contribution in [0.25, 0.3) is 0 Å². The van der Waals surface area contributed by atoms with Crippen molar-refractivity contribution in [1.82, 2.24) is 5.32 Å². The second-order valence-corrected chi connectivity index (χ2v) is 6.27. The van der Waals surface area contributed by atoms with E-state index in [1.165, 1.54) is 0 Å². The average molecular weight is 332 g/mol. The van der Waals surface area contributed by atoms with Crippen molar-refractivity contribution in [2.24, 2.45) is 0 Å². The largest absolute Gasteiger partial charge is 0.482 e. The number of halogens is 2. The van der Waals surface area contributed by atoms with Gasteiger partial charge in [-0.15, -0.1) is 0 Å². The molecule has 1 amide bonds. The van der Waals surface area contributed by atoms with Crippen molar-refractivity contribution >= 4 is 29.1 Å². The molecule has 1 saturated carbocycles. The van der Waals surface area contributed by atoms with E-state index >= 15 is 0 Å². The zero-order valence-electron chi connectivity index (χ0n) is 11.7. The van der Waals surface area contributed by atoms with E-state index in [0.717, 1.165) is 32.1 Å². The Kier molecular flexibility index (Phi) is 5.73. The molecule has 1 aliphatic carbocycles. The fourth-order valence-electron chi connectivity index (χ4n) is 2.44. The summed E-state index contributed by atoms with van der Waals surface area (Å²) in [6.07, 6.45) is 4.62. The van der Waals surface area contributed by atoms with E-state index in [4.69, 9.17) is 27.9 Å². The summed E-state index contributed by atoms with van der Waals surface area (Å²) in [5.41, 5.74) is -0.772. The van der Waals surface area contributed by atoms with Crippen LogP contribution in [-0.4, -0.2) is 29.8 Å². The van der Waals surface area contributed by atoms with Gasteiger partial charge in [-0.25, -0.2) is 0 Å². The number of nitrogens with one attached hydrogen (secondary N) is 1. The Labute approximate surface area is 134 Å². The fourth-order valence-corrected chi connectivity index (χ4v) is 2.90. The van der Waals surface area contributed by atoms with Crippen LogP contribution >= 0.6 is 23.2 Å². The van der Waals surface area contributed by atoms with Crippen molar-refractivity contribution in [2.45, 2.75) is 37.7 Å². The lowest BCUT2D eigenvalue weighted by atomic mass is 9.85. The predicted molar refractivity (Wildman–Crippen MR) is 83.0 cm³/mol. The van der Waals surface area contributed by atoms with Gasteiger partial charge in [0, 0.05) is 11.6 Å². The van der Waals surface area contributed by atoms with Crippen LogP contribution in [0.3, 0.4) is 0 Å². The van der Waals surface area contributed by atoms with Crippen molar-refractivity contribution in [1.29, 1.82) is 0 Å². The van der Waals surface area contributed by atoms with E-state index in [-0.39, 0.29) is 19.1 Å². The van der Waals surface area contributed by atoms with Gasteiger partial charge in [-0.2, -0.15) is 0 Å². The van der Waals surface area contributed by atoms with Crippen LogP contribution in [0.5, 0.6) is 5.75 Å². The van der Waals surface area contributed by atoms with E-state index in [1.54, 1.807) is 18.2 Å². The van der Waals surface area contributed by atoms with Gasteiger partial charge in [0.1, 0.15) is 5.75 Å². The smallest absolute Gasteiger partial charge is 0.258 e. The molecule has 1 aliphatic rings. The van der Waals surface area contributed by atoms with Crippen molar-refractivity contribution in [2.75, 3.05) is 13.2 Å². The maximum atomic E-state index is 11.8. The Bertz CT molecular complexity index is 502.